The molecule has 0 unspecified atom stereocenters. The van der Waals surface area contributed by atoms with E-state index in [1.807, 2.05) is 97.3 Å². The summed E-state index contributed by atoms with van der Waals surface area (Å²) in [5.74, 6) is 2.90. The molecule has 0 saturated heterocycles. The highest BCUT2D eigenvalue weighted by Gasteiger charge is 2.07. The van der Waals surface area contributed by atoms with Gasteiger partial charge in [-0.05, 0) is 47.2 Å². The third-order valence-corrected chi connectivity index (χ3v) is 5.53. The maximum Gasteiger partial charge on any atom is 0.132 e. The van der Waals surface area contributed by atoms with Gasteiger partial charge in [0.2, 0.25) is 0 Å². The van der Waals surface area contributed by atoms with E-state index in [2.05, 4.69) is 32.7 Å². The van der Waals surface area contributed by atoms with Gasteiger partial charge in [0.25, 0.3) is 0 Å². The molecular formula is C28H20N6. The molecule has 34 heavy (non-hydrogen) atoms. The molecule has 6 rings (SSSR count). The van der Waals surface area contributed by atoms with Gasteiger partial charge >= 0.3 is 0 Å². The first kappa shape index (κ1) is 19.8. The van der Waals surface area contributed by atoms with Crippen LogP contribution in [0, 0.1) is 0 Å². The lowest BCUT2D eigenvalue weighted by Gasteiger charge is -2.09. The van der Waals surface area contributed by atoms with Crippen LogP contribution in [0.2, 0.25) is 0 Å². The fourth-order valence-corrected chi connectivity index (χ4v) is 3.86. The zero-order valence-electron chi connectivity index (χ0n) is 18.2. The number of fused-ring (bicyclic) bond motifs is 2. The predicted molar refractivity (Wildman–Crippen MR) is 138 cm³/mol. The van der Waals surface area contributed by atoms with E-state index in [-0.39, 0.29) is 0 Å². The molecule has 0 spiro atoms. The molecule has 162 valence electrons. The van der Waals surface area contributed by atoms with Crippen LogP contribution in [0.15, 0.2) is 109 Å². The van der Waals surface area contributed by atoms with Crippen molar-refractivity contribution in [2.75, 3.05) is 10.6 Å². The van der Waals surface area contributed by atoms with E-state index < -0.39 is 0 Å². The second-order valence-corrected chi connectivity index (χ2v) is 7.90. The van der Waals surface area contributed by atoms with Gasteiger partial charge in [0, 0.05) is 23.2 Å². The van der Waals surface area contributed by atoms with Crippen molar-refractivity contribution in [2.24, 2.45) is 0 Å². The second kappa shape index (κ2) is 8.60. The summed E-state index contributed by atoms with van der Waals surface area (Å²) < 4.78 is 0. The van der Waals surface area contributed by atoms with Crippen LogP contribution in [-0.4, -0.2) is 19.9 Å². The fraction of sp³-hybridized carbons (Fsp3) is 0. The molecule has 0 aliphatic rings. The van der Waals surface area contributed by atoms with Crippen molar-refractivity contribution in [1.29, 1.82) is 0 Å². The van der Waals surface area contributed by atoms with Crippen molar-refractivity contribution >= 4 is 44.8 Å². The molecule has 2 N–H and O–H groups in total. The van der Waals surface area contributed by atoms with E-state index in [9.17, 15) is 0 Å². The van der Waals surface area contributed by atoms with Crippen LogP contribution in [0.1, 0.15) is 0 Å². The van der Waals surface area contributed by atoms with Gasteiger partial charge in [0.1, 0.15) is 23.3 Å². The van der Waals surface area contributed by atoms with Crippen molar-refractivity contribution in [3.8, 4) is 11.4 Å². The normalized spacial score (nSPS) is 10.9. The first-order valence-corrected chi connectivity index (χ1v) is 11.0. The van der Waals surface area contributed by atoms with Crippen LogP contribution in [0.3, 0.4) is 0 Å². The molecule has 6 aromatic rings. The maximum absolute atomic E-state index is 4.75. The lowest BCUT2D eigenvalue weighted by atomic mass is 10.2. The molecule has 4 heterocycles. The Morgan fingerprint density at radius 3 is 1.32 bits per heavy atom. The number of pyridine rings is 4. The molecule has 0 fully saturated rings. The van der Waals surface area contributed by atoms with E-state index in [0.717, 1.165) is 44.6 Å². The van der Waals surface area contributed by atoms with Gasteiger partial charge in [0.15, 0.2) is 0 Å². The largest absolute Gasteiger partial charge is 0.325 e. The average molecular weight is 441 g/mol. The molecule has 2 aromatic carbocycles. The minimum atomic E-state index is 0.705. The van der Waals surface area contributed by atoms with Gasteiger partial charge in [-0.2, -0.15) is 0 Å². The maximum atomic E-state index is 4.75. The van der Waals surface area contributed by atoms with Gasteiger partial charge in [-0.3, -0.25) is 0 Å². The first-order chi connectivity index (χ1) is 16.8. The molecule has 0 saturated carbocycles. The summed E-state index contributed by atoms with van der Waals surface area (Å²) in [7, 11) is 0. The standard InChI is InChI=1S/C28H20N6/c1-3-9-21-17-29-27(15-19(21)7-1)33-25-13-5-11-23(31-25)24-12-6-14-26(32-24)34-28-16-20-8-2-4-10-22(20)18-30-28/h1-18H,(H,29,31,33)(H,30,32,34). The Labute approximate surface area is 196 Å². The third kappa shape index (κ3) is 4.12. The monoisotopic (exact) mass is 440 g/mol. The summed E-state index contributed by atoms with van der Waals surface area (Å²) >= 11 is 0. The van der Waals surface area contributed by atoms with Crippen LogP contribution in [0.5, 0.6) is 0 Å². The number of nitrogens with one attached hydrogen (secondary N) is 2. The van der Waals surface area contributed by atoms with Crippen LogP contribution in [0.25, 0.3) is 32.9 Å². The third-order valence-electron chi connectivity index (χ3n) is 5.53. The Hall–Kier alpha value is -4.84. The second-order valence-electron chi connectivity index (χ2n) is 7.90. The molecule has 0 aliphatic heterocycles. The highest BCUT2D eigenvalue weighted by Crippen LogP contribution is 2.24. The highest BCUT2D eigenvalue weighted by atomic mass is 15.1. The van der Waals surface area contributed by atoms with Crippen molar-refractivity contribution in [1.82, 2.24) is 19.9 Å². The Kier molecular flexibility index (Phi) is 5.01. The summed E-state index contributed by atoms with van der Waals surface area (Å²) in [6, 6.07) is 32.0. The topological polar surface area (TPSA) is 75.6 Å². The summed E-state index contributed by atoms with van der Waals surface area (Å²) in [6.07, 6.45) is 3.72. The molecule has 0 bridgehead atoms. The fourth-order valence-electron chi connectivity index (χ4n) is 3.86. The minimum Gasteiger partial charge on any atom is -0.325 e. The van der Waals surface area contributed by atoms with E-state index in [4.69, 9.17) is 9.97 Å². The molecule has 0 amide bonds. The van der Waals surface area contributed by atoms with E-state index in [1.165, 1.54) is 0 Å². The molecule has 0 atom stereocenters. The number of aromatic nitrogens is 4. The number of benzene rings is 2. The van der Waals surface area contributed by atoms with E-state index in [1.54, 1.807) is 0 Å². The van der Waals surface area contributed by atoms with Crippen LogP contribution < -0.4 is 10.6 Å². The zero-order chi connectivity index (χ0) is 22.7. The smallest absolute Gasteiger partial charge is 0.132 e. The van der Waals surface area contributed by atoms with Crippen molar-refractivity contribution in [2.45, 2.75) is 0 Å². The van der Waals surface area contributed by atoms with Gasteiger partial charge < -0.3 is 10.6 Å². The first-order valence-electron chi connectivity index (χ1n) is 11.0. The Bertz CT molecular complexity index is 1510. The Morgan fingerprint density at radius 2 is 0.853 bits per heavy atom. The highest BCUT2D eigenvalue weighted by molar-refractivity contribution is 5.85. The van der Waals surface area contributed by atoms with Crippen molar-refractivity contribution < 1.29 is 0 Å². The average Bonchev–Trinajstić information content (AvgIpc) is 2.89. The quantitative estimate of drug-likeness (QED) is 0.310. The Morgan fingerprint density at radius 1 is 0.412 bits per heavy atom. The lowest BCUT2D eigenvalue weighted by molar-refractivity contribution is 1.22. The number of hydrogen-bond acceptors (Lipinski definition) is 6. The number of nitrogens with zero attached hydrogens (tertiary/aromatic N) is 4. The number of hydrogen-bond donors (Lipinski definition) is 2. The van der Waals surface area contributed by atoms with Gasteiger partial charge in [-0.25, -0.2) is 19.9 Å². The summed E-state index contributed by atoms with van der Waals surface area (Å²) in [6.45, 7) is 0. The zero-order valence-corrected chi connectivity index (χ0v) is 18.2. The molecule has 0 aliphatic carbocycles. The molecule has 4 aromatic heterocycles. The van der Waals surface area contributed by atoms with Crippen LogP contribution >= 0.6 is 0 Å². The lowest BCUT2D eigenvalue weighted by Crippen LogP contribution is -1.99. The number of rotatable bonds is 5. The van der Waals surface area contributed by atoms with Gasteiger partial charge in [0.05, 0.1) is 11.4 Å². The summed E-state index contributed by atoms with van der Waals surface area (Å²) in [4.78, 5) is 18.5. The molecule has 6 heteroatoms. The number of anilines is 4. The molecule has 0 radical (unpaired) electrons. The minimum absolute atomic E-state index is 0.705. The van der Waals surface area contributed by atoms with Crippen LogP contribution in [-0.2, 0) is 0 Å². The van der Waals surface area contributed by atoms with Crippen molar-refractivity contribution in [3.63, 3.8) is 0 Å². The summed E-state index contributed by atoms with van der Waals surface area (Å²) in [5, 5.41) is 11.1. The Balaban J connectivity index is 1.25. The van der Waals surface area contributed by atoms with Gasteiger partial charge in [-0.1, -0.05) is 60.7 Å². The van der Waals surface area contributed by atoms with E-state index in [0.29, 0.717) is 11.6 Å². The predicted octanol–water partition coefficient (Wildman–Crippen LogP) is 6.73. The van der Waals surface area contributed by atoms with E-state index >= 15 is 0 Å². The van der Waals surface area contributed by atoms with Crippen molar-refractivity contribution in [3.05, 3.63) is 109 Å². The van der Waals surface area contributed by atoms with Crippen LogP contribution in [0.4, 0.5) is 23.3 Å². The molecule has 6 nitrogen and oxygen atoms in total. The van der Waals surface area contributed by atoms with Gasteiger partial charge in [-0.15, -0.1) is 0 Å². The summed E-state index contributed by atoms with van der Waals surface area (Å²) in [5.41, 5.74) is 1.53. The molecular weight excluding hydrogens is 420 g/mol. The SMILES string of the molecule is c1cc(Nc2cc3ccccc3cn2)nc(-c2cccc(Nc3cc4ccccc4cn3)n2)c1.